The van der Waals surface area contributed by atoms with Crippen molar-refractivity contribution in [1.29, 1.82) is 0 Å². The number of nitrogens with two attached hydrogens (primary N) is 1. The van der Waals surface area contributed by atoms with Crippen LogP contribution in [0.5, 0.6) is 0 Å². The standard InChI is InChI=1S/C14H12Cl2FN/c15-11-6-5-10(7-12(11)16)14(18)8-9-3-1-2-4-13(9)17/h1-7,14H,8,18H2. The SMILES string of the molecule is NC(Cc1ccccc1F)c1ccc(Cl)c(Cl)c1. The van der Waals surface area contributed by atoms with Crippen molar-refractivity contribution < 1.29 is 4.39 Å². The first-order valence-electron chi connectivity index (χ1n) is 5.52. The largest absolute Gasteiger partial charge is 0.324 e. The summed E-state index contributed by atoms with van der Waals surface area (Å²) in [6.45, 7) is 0. The Kier molecular flexibility index (Phi) is 4.23. The number of rotatable bonds is 3. The van der Waals surface area contributed by atoms with Gasteiger partial charge in [0.15, 0.2) is 0 Å². The first kappa shape index (κ1) is 13.3. The summed E-state index contributed by atoms with van der Waals surface area (Å²) in [6.07, 6.45) is 0.421. The fourth-order valence-electron chi connectivity index (χ4n) is 1.76. The van der Waals surface area contributed by atoms with Crippen LogP contribution in [0.3, 0.4) is 0 Å². The summed E-state index contributed by atoms with van der Waals surface area (Å²) >= 11 is 11.8. The third kappa shape index (κ3) is 3.02. The van der Waals surface area contributed by atoms with Gasteiger partial charge in [0.1, 0.15) is 5.82 Å². The molecule has 4 heteroatoms. The van der Waals surface area contributed by atoms with Crippen LogP contribution >= 0.6 is 23.2 Å². The Morgan fingerprint density at radius 2 is 1.78 bits per heavy atom. The maximum absolute atomic E-state index is 13.5. The number of hydrogen-bond acceptors (Lipinski definition) is 1. The molecule has 0 spiro atoms. The zero-order valence-corrected chi connectivity index (χ0v) is 11.0. The van der Waals surface area contributed by atoms with Crippen molar-refractivity contribution in [2.45, 2.75) is 12.5 Å². The molecule has 1 nitrogen and oxygen atoms in total. The van der Waals surface area contributed by atoms with Gasteiger partial charge in [-0.25, -0.2) is 4.39 Å². The molecule has 2 N–H and O–H groups in total. The van der Waals surface area contributed by atoms with Gasteiger partial charge in [-0.05, 0) is 35.7 Å². The van der Waals surface area contributed by atoms with Crippen molar-refractivity contribution in [1.82, 2.24) is 0 Å². The van der Waals surface area contributed by atoms with Gasteiger partial charge in [0.2, 0.25) is 0 Å². The van der Waals surface area contributed by atoms with Crippen molar-refractivity contribution in [3.8, 4) is 0 Å². The quantitative estimate of drug-likeness (QED) is 0.889. The van der Waals surface area contributed by atoms with E-state index in [-0.39, 0.29) is 11.9 Å². The van der Waals surface area contributed by atoms with Gasteiger partial charge < -0.3 is 5.73 Å². The summed E-state index contributed by atoms with van der Waals surface area (Å²) in [6, 6.07) is 11.5. The predicted molar refractivity (Wildman–Crippen MR) is 73.5 cm³/mol. The second kappa shape index (κ2) is 5.70. The molecule has 0 bridgehead atoms. The van der Waals surface area contributed by atoms with Crippen LogP contribution in [0, 0.1) is 5.82 Å². The summed E-state index contributed by atoms with van der Waals surface area (Å²) in [5, 5.41) is 0.941. The second-order valence-corrected chi connectivity index (χ2v) is 4.89. The minimum absolute atomic E-state index is 0.243. The Morgan fingerprint density at radius 3 is 2.44 bits per heavy atom. The lowest BCUT2D eigenvalue weighted by molar-refractivity contribution is 0.593. The van der Waals surface area contributed by atoms with Crippen molar-refractivity contribution >= 4 is 23.2 Å². The normalized spacial score (nSPS) is 12.4. The van der Waals surface area contributed by atoms with Gasteiger partial charge in [0, 0.05) is 6.04 Å². The van der Waals surface area contributed by atoms with Crippen molar-refractivity contribution in [3.05, 3.63) is 69.5 Å². The van der Waals surface area contributed by atoms with Gasteiger partial charge in [0.05, 0.1) is 10.0 Å². The Labute approximate surface area is 115 Å². The van der Waals surface area contributed by atoms with E-state index in [4.69, 9.17) is 28.9 Å². The Morgan fingerprint density at radius 1 is 1.06 bits per heavy atom. The van der Waals surface area contributed by atoms with E-state index < -0.39 is 0 Å². The molecule has 0 aromatic heterocycles. The van der Waals surface area contributed by atoms with Crippen LogP contribution < -0.4 is 5.73 Å². The molecule has 0 aliphatic carbocycles. The summed E-state index contributed by atoms with van der Waals surface area (Å²) in [5.41, 5.74) is 7.48. The minimum Gasteiger partial charge on any atom is -0.324 e. The average Bonchev–Trinajstić information content (AvgIpc) is 2.35. The van der Waals surface area contributed by atoms with E-state index in [1.165, 1.54) is 6.07 Å². The van der Waals surface area contributed by atoms with Gasteiger partial charge in [-0.2, -0.15) is 0 Å². The van der Waals surface area contributed by atoms with Crippen molar-refractivity contribution in [2.24, 2.45) is 5.73 Å². The van der Waals surface area contributed by atoms with E-state index in [1.807, 2.05) is 0 Å². The van der Waals surface area contributed by atoms with Crippen molar-refractivity contribution in [2.75, 3.05) is 0 Å². The van der Waals surface area contributed by atoms with E-state index in [9.17, 15) is 4.39 Å². The maximum Gasteiger partial charge on any atom is 0.126 e. The van der Waals surface area contributed by atoms with Crippen LogP contribution in [0.15, 0.2) is 42.5 Å². The molecule has 0 saturated heterocycles. The molecule has 0 fully saturated rings. The Balaban J connectivity index is 2.19. The molecule has 94 valence electrons. The first-order chi connectivity index (χ1) is 8.58. The van der Waals surface area contributed by atoms with Gasteiger partial charge >= 0.3 is 0 Å². The predicted octanol–water partition coefficient (Wildman–Crippen LogP) is 4.38. The molecule has 0 aliphatic rings. The van der Waals surface area contributed by atoms with Crippen LogP contribution in [0.2, 0.25) is 10.0 Å². The molecule has 2 aromatic rings. The third-order valence-electron chi connectivity index (χ3n) is 2.77. The monoisotopic (exact) mass is 283 g/mol. The highest BCUT2D eigenvalue weighted by atomic mass is 35.5. The zero-order chi connectivity index (χ0) is 13.1. The lowest BCUT2D eigenvalue weighted by Gasteiger charge is -2.13. The van der Waals surface area contributed by atoms with E-state index in [0.717, 1.165) is 5.56 Å². The zero-order valence-electron chi connectivity index (χ0n) is 9.54. The average molecular weight is 284 g/mol. The maximum atomic E-state index is 13.5. The summed E-state index contributed by atoms with van der Waals surface area (Å²) in [7, 11) is 0. The lowest BCUT2D eigenvalue weighted by atomic mass is 9.99. The number of halogens is 3. The third-order valence-corrected chi connectivity index (χ3v) is 3.51. The number of benzene rings is 2. The highest BCUT2D eigenvalue weighted by Gasteiger charge is 2.11. The molecule has 2 aromatic carbocycles. The van der Waals surface area contributed by atoms with Gasteiger partial charge in [-0.15, -0.1) is 0 Å². The molecule has 0 aliphatic heterocycles. The first-order valence-corrected chi connectivity index (χ1v) is 6.27. The summed E-state index contributed by atoms with van der Waals surface area (Å²) in [4.78, 5) is 0. The highest BCUT2D eigenvalue weighted by Crippen LogP contribution is 2.26. The van der Waals surface area contributed by atoms with Crippen LogP contribution in [-0.2, 0) is 6.42 Å². The number of hydrogen-bond donors (Lipinski definition) is 1. The van der Waals surface area contributed by atoms with Gasteiger partial charge in [0.25, 0.3) is 0 Å². The fraction of sp³-hybridized carbons (Fsp3) is 0.143. The van der Waals surface area contributed by atoms with E-state index in [2.05, 4.69) is 0 Å². The molecule has 1 atom stereocenters. The fourth-order valence-corrected chi connectivity index (χ4v) is 2.07. The molecule has 0 heterocycles. The Bertz CT molecular complexity index is 557. The minimum atomic E-state index is -0.309. The molecule has 18 heavy (non-hydrogen) atoms. The van der Waals surface area contributed by atoms with E-state index in [0.29, 0.717) is 22.0 Å². The molecule has 1 unspecified atom stereocenters. The van der Waals surface area contributed by atoms with Crippen molar-refractivity contribution in [3.63, 3.8) is 0 Å². The smallest absolute Gasteiger partial charge is 0.126 e. The van der Waals surface area contributed by atoms with Crippen LogP contribution in [0.25, 0.3) is 0 Å². The van der Waals surface area contributed by atoms with Crippen LogP contribution in [0.4, 0.5) is 4.39 Å². The van der Waals surface area contributed by atoms with Gasteiger partial charge in [-0.1, -0.05) is 47.5 Å². The summed E-state index contributed by atoms with van der Waals surface area (Å²) < 4.78 is 13.5. The van der Waals surface area contributed by atoms with Crippen LogP contribution in [-0.4, -0.2) is 0 Å². The second-order valence-electron chi connectivity index (χ2n) is 4.08. The molecule has 0 saturated carbocycles. The lowest BCUT2D eigenvalue weighted by Crippen LogP contribution is -2.14. The van der Waals surface area contributed by atoms with E-state index in [1.54, 1.807) is 36.4 Å². The molecule has 0 amide bonds. The Hall–Kier alpha value is -1.09. The molecular formula is C14H12Cl2FN. The topological polar surface area (TPSA) is 26.0 Å². The highest BCUT2D eigenvalue weighted by molar-refractivity contribution is 6.42. The van der Waals surface area contributed by atoms with E-state index >= 15 is 0 Å². The molecule has 2 rings (SSSR count). The molecule has 0 radical (unpaired) electrons. The van der Waals surface area contributed by atoms with Gasteiger partial charge in [-0.3, -0.25) is 0 Å². The van der Waals surface area contributed by atoms with Crippen LogP contribution in [0.1, 0.15) is 17.2 Å². The molecular weight excluding hydrogens is 272 g/mol. The summed E-state index contributed by atoms with van der Waals surface area (Å²) in [5.74, 6) is -0.243.